The van der Waals surface area contributed by atoms with Crippen molar-refractivity contribution in [3.63, 3.8) is 0 Å². The van der Waals surface area contributed by atoms with Gasteiger partial charge in [0.05, 0.1) is 22.9 Å². The molecule has 0 aliphatic rings. The van der Waals surface area contributed by atoms with E-state index in [-0.39, 0.29) is 10.6 Å². The van der Waals surface area contributed by atoms with E-state index in [4.69, 9.17) is 16.3 Å². The predicted octanol–water partition coefficient (Wildman–Crippen LogP) is 5.04. The molecule has 0 aliphatic carbocycles. The highest BCUT2D eigenvalue weighted by Gasteiger charge is 2.17. The van der Waals surface area contributed by atoms with Crippen LogP contribution in [0.3, 0.4) is 0 Å². The van der Waals surface area contributed by atoms with Crippen molar-refractivity contribution < 1.29 is 13.9 Å². The number of amides is 1. The van der Waals surface area contributed by atoms with Crippen LogP contribution in [0.2, 0.25) is 5.02 Å². The summed E-state index contributed by atoms with van der Waals surface area (Å²) in [6, 6.07) is 12.1. The van der Waals surface area contributed by atoms with Gasteiger partial charge in [0.1, 0.15) is 5.82 Å². The highest BCUT2D eigenvalue weighted by Crippen LogP contribution is 2.27. The van der Waals surface area contributed by atoms with E-state index in [1.165, 1.54) is 35.1 Å². The third kappa shape index (κ3) is 4.27. The monoisotopic (exact) mass is 390 g/mol. The van der Waals surface area contributed by atoms with Gasteiger partial charge >= 0.3 is 0 Å². The third-order valence-corrected chi connectivity index (χ3v) is 4.83. The van der Waals surface area contributed by atoms with E-state index in [1.54, 1.807) is 7.11 Å². The van der Waals surface area contributed by atoms with Crippen molar-refractivity contribution in [3.8, 4) is 11.3 Å². The molecular formula is C19H16ClFN2O2S. The number of halogens is 2. The van der Waals surface area contributed by atoms with Gasteiger partial charge in [0, 0.05) is 18.1 Å². The van der Waals surface area contributed by atoms with Crippen LogP contribution in [0, 0.1) is 5.82 Å². The second-order valence-corrected chi connectivity index (χ2v) is 6.79. The average Bonchev–Trinajstić information content (AvgIpc) is 3.08. The van der Waals surface area contributed by atoms with Crippen molar-refractivity contribution in [2.24, 2.45) is 0 Å². The number of hydrogen-bond donors (Lipinski definition) is 1. The van der Waals surface area contributed by atoms with Gasteiger partial charge in [0.15, 0.2) is 5.13 Å². The number of nitrogens with one attached hydrogen (secondary N) is 1. The summed E-state index contributed by atoms with van der Waals surface area (Å²) in [6.45, 7) is 0.671. The summed E-state index contributed by atoms with van der Waals surface area (Å²) in [5.74, 6) is -1.29. The molecule has 0 radical (unpaired) electrons. The Balaban J connectivity index is 1.73. The number of carbonyl (C=O) groups is 1. The van der Waals surface area contributed by atoms with Crippen LogP contribution in [0.4, 0.5) is 9.52 Å². The zero-order valence-corrected chi connectivity index (χ0v) is 15.5. The lowest BCUT2D eigenvalue weighted by atomic mass is 10.1. The summed E-state index contributed by atoms with van der Waals surface area (Å²) in [6.07, 6.45) is 0.846. The summed E-state index contributed by atoms with van der Waals surface area (Å²) in [7, 11) is 1.67. The van der Waals surface area contributed by atoms with Crippen molar-refractivity contribution in [1.29, 1.82) is 0 Å². The van der Waals surface area contributed by atoms with Gasteiger partial charge in [-0.2, -0.15) is 0 Å². The number of thiazole rings is 1. The Morgan fingerprint density at radius 3 is 2.73 bits per heavy atom. The van der Waals surface area contributed by atoms with Crippen molar-refractivity contribution in [2.45, 2.75) is 6.42 Å². The molecule has 1 aromatic heterocycles. The highest BCUT2D eigenvalue weighted by atomic mass is 35.5. The largest absolute Gasteiger partial charge is 0.384 e. The number of benzene rings is 2. The summed E-state index contributed by atoms with van der Waals surface area (Å²) < 4.78 is 18.9. The standard InChI is InChI=1S/C19H16ClFN2O2S/c1-25-10-9-12-5-7-13(8-6-12)16-11-26-19(22-16)23-18(24)17-14(20)3-2-4-15(17)21/h2-8,11H,9-10H2,1H3,(H,22,23,24). The lowest BCUT2D eigenvalue weighted by Crippen LogP contribution is -2.14. The van der Waals surface area contributed by atoms with Crippen LogP contribution in [0.25, 0.3) is 11.3 Å². The molecule has 134 valence electrons. The number of anilines is 1. The molecule has 3 aromatic rings. The molecule has 26 heavy (non-hydrogen) atoms. The topological polar surface area (TPSA) is 51.2 Å². The zero-order valence-electron chi connectivity index (χ0n) is 14.0. The Morgan fingerprint density at radius 2 is 2.04 bits per heavy atom. The highest BCUT2D eigenvalue weighted by molar-refractivity contribution is 7.14. The molecule has 3 rings (SSSR count). The third-order valence-electron chi connectivity index (χ3n) is 3.76. The van der Waals surface area contributed by atoms with Crippen molar-refractivity contribution >= 4 is 34.0 Å². The van der Waals surface area contributed by atoms with Crippen LogP contribution >= 0.6 is 22.9 Å². The first kappa shape index (κ1) is 18.5. The summed E-state index contributed by atoms with van der Waals surface area (Å²) >= 11 is 7.18. The zero-order chi connectivity index (χ0) is 18.5. The molecule has 0 atom stereocenters. The van der Waals surface area contributed by atoms with Gasteiger partial charge in [0.2, 0.25) is 0 Å². The molecule has 7 heteroatoms. The minimum absolute atomic E-state index is 0.0610. The summed E-state index contributed by atoms with van der Waals surface area (Å²) in [5.41, 5.74) is 2.66. The van der Waals surface area contributed by atoms with Crippen LogP contribution in [-0.4, -0.2) is 24.6 Å². The molecule has 1 heterocycles. The maximum Gasteiger partial charge on any atom is 0.261 e. The van der Waals surface area contributed by atoms with E-state index in [0.717, 1.165) is 17.7 Å². The van der Waals surface area contributed by atoms with E-state index in [2.05, 4.69) is 10.3 Å². The number of aromatic nitrogens is 1. The Bertz CT molecular complexity index is 892. The smallest absolute Gasteiger partial charge is 0.261 e. The number of nitrogens with zero attached hydrogens (tertiary/aromatic N) is 1. The number of methoxy groups -OCH3 is 1. The molecule has 0 saturated heterocycles. The molecule has 0 aliphatic heterocycles. The van der Waals surface area contributed by atoms with Gasteiger partial charge < -0.3 is 4.74 Å². The van der Waals surface area contributed by atoms with Crippen LogP contribution < -0.4 is 5.32 Å². The lowest BCUT2D eigenvalue weighted by molar-refractivity contribution is 0.102. The first-order chi connectivity index (χ1) is 12.6. The minimum Gasteiger partial charge on any atom is -0.384 e. The van der Waals surface area contributed by atoms with Gasteiger partial charge in [0.25, 0.3) is 5.91 Å². The van der Waals surface area contributed by atoms with E-state index >= 15 is 0 Å². The Kier molecular flexibility index (Phi) is 5.98. The molecule has 0 spiro atoms. The average molecular weight is 391 g/mol. The molecule has 1 N–H and O–H groups in total. The van der Waals surface area contributed by atoms with Gasteiger partial charge in [-0.1, -0.05) is 41.9 Å². The molecule has 4 nitrogen and oxygen atoms in total. The molecular weight excluding hydrogens is 375 g/mol. The Morgan fingerprint density at radius 1 is 1.27 bits per heavy atom. The Hall–Kier alpha value is -2.28. The minimum atomic E-state index is -0.668. The maximum absolute atomic E-state index is 13.8. The van der Waals surface area contributed by atoms with Crippen molar-refractivity contribution in [3.05, 3.63) is 69.8 Å². The van der Waals surface area contributed by atoms with Gasteiger partial charge in [-0.15, -0.1) is 11.3 Å². The molecule has 0 fully saturated rings. The maximum atomic E-state index is 13.8. The number of hydrogen-bond acceptors (Lipinski definition) is 4. The summed E-state index contributed by atoms with van der Waals surface area (Å²) in [4.78, 5) is 16.7. The fraction of sp³-hybridized carbons (Fsp3) is 0.158. The number of carbonyl (C=O) groups excluding carboxylic acids is 1. The normalized spacial score (nSPS) is 10.7. The Labute approximate surface area is 159 Å². The van der Waals surface area contributed by atoms with Crippen molar-refractivity contribution in [2.75, 3.05) is 19.0 Å². The SMILES string of the molecule is COCCc1ccc(-c2csc(NC(=O)c3c(F)cccc3Cl)n2)cc1. The fourth-order valence-electron chi connectivity index (χ4n) is 2.40. The van der Waals surface area contributed by atoms with E-state index in [9.17, 15) is 9.18 Å². The van der Waals surface area contributed by atoms with E-state index in [1.807, 2.05) is 29.6 Å². The van der Waals surface area contributed by atoms with Gasteiger partial charge in [-0.05, 0) is 24.1 Å². The number of rotatable bonds is 6. The first-order valence-electron chi connectivity index (χ1n) is 7.87. The van der Waals surface area contributed by atoms with Crippen LogP contribution in [-0.2, 0) is 11.2 Å². The molecule has 0 saturated carbocycles. The quantitative estimate of drug-likeness (QED) is 0.641. The molecule has 0 bridgehead atoms. The second-order valence-electron chi connectivity index (χ2n) is 5.53. The van der Waals surface area contributed by atoms with Crippen LogP contribution in [0.15, 0.2) is 47.8 Å². The first-order valence-corrected chi connectivity index (χ1v) is 9.13. The van der Waals surface area contributed by atoms with Crippen LogP contribution in [0.1, 0.15) is 15.9 Å². The van der Waals surface area contributed by atoms with E-state index < -0.39 is 11.7 Å². The van der Waals surface area contributed by atoms with Gasteiger partial charge in [-0.3, -0.25) is 10.1 Å². The molecule has 0 unspecified atom stereocenters. The van der Waals surface area contributed by atoms with Crippen molar-refractivity contribution in [1.82, 2.24) is 4.98 Å². The second kappa shape index (κ2) is 8.40. The lowest BCUT2D eigenvalue weighted by Gasteiger charge is -2.05. The van der Waals surface area contributed by atoms with E-state index in [0.29, 0.717) is 11.7 Å². The predicted molar refractivity (Wildman–Crippen MR) is 102 cm³/mol. The molecule has 2 aromatic carbocycles. The number of ether oxygens (including phenoxy) is 1. The van der Waals surface area contributed by atoms with Crippen LogP contribution in [0.5, 0.6) is 0 Å². The fourth-order valence-corrected chi connectivity index (χ4v) is 3.36. The summed E-state index contributed by atoms with van der Waals surface area (Å²) in [5, 5.41) is 4.88. The molecule has 1 amide bonds. The van der Waals surface area contributed by atoms with Gasteiger partial charge in [-0.25, -0.2) is 9.37 Å².